The van der Waals surface area contributed by atoms with Crippen LogP contribution in [0.5, 0.6) is 11.5 Å². The van der Waals surface area contributed by atoms with E-state index in [1.807, 2.05) is 6.92 Å². The monoisotopic (exact) mass is 532 g/mol. The first-order valence-corrected chi connectivity index (χ1v) is 12.7. The van der Waals surface area contributed by atoms with E-state index in [0.717, 1.165) is 11.3 Å². The highest BCUT2D eigenvalue weighted by molar-refractivity contribution is 7.17. The van der Waals surface area contributed by atoms with E-state index in [1.54, 1.807) is 55.5 Å². The van der Waals surface area contributed by atoms with Crippen LogP contribution in [0, 0.1) is 6.92 Å². The average molecular weight is 533 g/mol. The van der Waals surface area contributed by atoms with Gasteiger partial charge in [-0.25, -0.2) is 9.78 Å². The van der Waals surface area contributed by atoms with Gasteiger partial charge in [0.05, 0.1) is 36.4 Å². The molecule has 0 bridgehead atoms. The van der Waals surface area contributed by atoms with Crippen LogP contribution < -0.4 is 19.8 Å². The van der Waals surface area contributed by atoms with Gasteiger partial charge in [-0.2, -0.15) is 0 Å². The number of rotatable bonds is 8. The normalized spacial score (nSPS) is 14.4. The van der Waals surface area contributed by atoms with Crippen molar-refractivity contribution in [3.63, 3.8) is 0 Å². The first-order valence-electron chi connectivity index (χ1n) is 11.8. The average Bonchev–Trinajstić information content (AvgIpc) is 3.45. The van der Waals surface area contributed by atoms with Gasteiger partial charge in [-0.3, -0.25) is 14.5 Å². The Morgan fingerprint density at radius 3 is 2.71 bits per heavy atom. The summed E-state index contributed by atoms with van der Waals surface area (Å²) in [5.74, 6) is -0.230. The number of hydrogen-bond donors (Lipinski definition) is 0. The van der Waals surface area contributed by atoms with Crippen molar-refractivity contribution in [2.75, 3.05) is 25.2 Å². The van der Waals surface area contributed by atoms with Crippen molar-refractivity contribution in [3.05, 3.63) is 92.8 Å². The van der Waals surface area contributed by atoms with Crippen LogP contribution in [-0.2, 0) is 4.74 Å². The summed E-state index contributed by atoms with van der Waals surface area (Å²) < 4.78 is 22.4. The summed E-state index contributed by atoms with van der Waals surface area (Å²) in [4.78, 5) is 46.1. The number of carbonyl (C=O) groups is 2. The fraction of sp³-hybridized carbons (Fsp3) is 0.214. The number of aryl methyl sites for hydroxylation is 1. The SMILES string of the molecule is C=CCOc1ccc(C2c3c(oc4ccccc4c3=O)C(=O)N2c2nc(C)c(C(=O)OC)s2)cc1OCC. The van der Waals surface area contributed by atoms with Gasteiger partial charge in [0, 0.05) is 0 Å². The third-order valence-corrected chi connectivity index (χ3v) is 7.22. The number of hydrogen-bond acceptors (Lipinski definition) is 9. The minimum Gasteiger partial charge on any atom is -0.490 e. The summed E-state index contributed by atoms with van der Waals surface area (Å²) in [7, 11) is 1.28. The maximum absolute atomic E-state index is 13.8. The molecule has 0 radical (unpaired) electrons. The number of nitrogens with zero attached hydrogens (tertiary/aromatic N) is 2. The molecule has 1 aliphatic heterocycles. The Bertz CT molecular complexity index is 1640. The highest BCUT2D eigenvalue weighted by Gasteiger charge is 2.45. The number of methoxy groups -OCH3 is 1. The van der Waals surface area contributed by atoms with Crippen LogP contribution in [0.4, 0.5) is 5.13 Å². The molecule has 0 saturated heterocycles. The predicted octanol–water partition coefficient (Wildman–Crippen LogP) is 5.06. The Morgan fingerprint density at radius 2 is 1.97 bits per heavy atom. The van der Waals surface area contributed by atoms with Crippen molar-refractivity contribution in [3.8, 4) is 11.5 Å². The number of amides is 1. The van der Waals surface area contributed by atoms with Crippen LogP contribution in [0.15, 0.2) is 64.3 Å². The van der Waals surface area contributed by atoms with Crippen LogP contribution >= 0.6 is 11.3 Å². The lowest BCUT2D eigenvalue weighted by Crippen LogP contribution is -2.29. The fourth-order valence-electron chi connectivity index (χ4n) is 4.43. The zero-order chi connectivity index (χ0) is 27.0. The Hall–Kier alpha value is -4.44. The van der Waals surface area contributed by atoms with Gasteiger partial charge in [0.1, 0.15) is 17.1 Å². The first-order chi connectivity index (χ1) is 18.4. The van der Waals surface area contributed by atoms with Gasteiger partial charge in [0.15, 0.2) is 22.1 Å². The first kappa shape index (κ1) is 25.2. The molecule has 4 aromatic rings. The molecule has 0 spiro atoms. The number of ether oxygens (including phenoxy) is 3. The number of anilines is 1. The molecule has 10 heteroatoms. The molecule has 1 amide bonds. The second kappa shape index (κ2) is 10.1. The van der Waals surface area contributed by atoms with Crippen molar-refractivity contribution in [1.29, 1.82) is 0 Å². The summed E-state index contributed by atoms with van der Waals surface area (Å²) in [6.45, 7) is 7.83. The fourth-order valence-corrected chi connectivity index (χ4v) is 5.44. The number of carbonyl (C=O) groups excluding carboxylic acids is 2. The van der Waals surface area contributed by atoms with Gasteiger partial charge in [0.25, 0.3) is 5.91 Å². The van der Waals surface area contributed by atoms with E-state index in [9.17, 15) is 14.4 Å². The van der Waals surface area contributed by atoms with E-state index in [2.05, 4.69) is 11.6 Å². The van der Waals surface area contributed by atoms with Crippen molar-refractivity contribution in [2.45, 2.75) is 19.9 Å². The van der Waals surface area contributed by atoms with Gasteiger partial charge in [-0.1, -0.05) is 42.2 Å². The Balaban J connectivity index is 1.75. The summed E-state index contributed by atoms with van der Waals surface area (Å²) >= 11 is 1.01. The zero-order valence-corrected chi connectivity index (χ0v) is 21.8. The smallest absolute Gasteiger partial charge is 0.350 e. The summed E-state index contributed by atoms with van der Waals surface area (Å²) in [5, 5.41) is 0.588. The second-order valence-electron chi connectivity index (χ2n) is 8.39. The molecule has 0 aliphatic carbocycles. The molecule has 1 atom stereocenters. The van der Waals surface area contributed by atoms with Crippen LogP contribution in [0.3, 0.4) is 0 Å². The van der Waals surface area contributed by atoms with Gasteiger partial charge in [-0.15, -0.1) is 0 Å². The molecule has 9 nitrogen and oxygen atoms in total. The minimum atomic E-state index is -0.887. The van der Waals surface area contributed by atoms with Gasteiger partial charge >= 0.3 is 5.97 Å². The van der Waals surface area contributed by atoms with Crippen molar-refractivity contribution in [1.82, 2.24) is 4.98 Å². The van der Waals surface area contributed by atoms with Gasteiger partial charge in [0.2, 0.25) is 5.76 Å². The topological polar surface area (TPSA) is 108 Å². The van der Waals surface area contributed by atoms with E-state index in [-0.39, 0.29) is 33.4 Å². The van der Waals surface area contributed by atoms with E-state index >= 15 is 0 Å². The van der Waals surface area contributed by atoms with E-state index in [0.29, 0.717) is 40.3 Å². The third kappa shape index (κ3) is 4.12. The number of aromatic nitrogens is 1. The Labute approximate surface area is 221 Å². The van der Waals surface area contributed by atoms with Crippen molar-refractivity contribution in [2.24, 2.45) is 0 Å². The molecule has 2 aromatic carbocycles. The Kier molecular flexibility index (Phi) is 6.73. The maximum Gasteiger partial charge on any atom is 0.350 e. The molecule has 3 heterocycles. The van der Waals surface area contributed by atoms with E-state index in [1.165, 1.54) is 12.0 Å². The number of benzene rings is 2. The molecule has 0 saturated carbocycles. The summed E-state index contributed by atoms with van der Waals surface area (Å²) in [6.07, 6.45) is 1.62. The lowest BCUT2D eigenvalue weighted by molar-refractivity contribution is 0.0605. The van der Waals surface area contributed by atoms with Crippen molar-refractivity contribution >= 4 is 39.3 Å². The number of thiazole rings is 1. The van der Waals surface area contributed by atoms with Gasteiger partial charge < -0.3 is 18.6 Å². The largest absolute Gasteiger partial charge is 0.490 e. The maximum atomic E-state index is 13.8. The molecule has 38 heavy (non-hydrogen) atoms. The standard InChI is InChI=1S/C28H24N2O7S/c1-5-13-36-19-12-11-16(14-20(19)35-6-2)22-21-23(31)17-9-7-8-10-18(17)37-24(21)26(32)30(22)28-29-15(3)25(38-28)27(33)34-4/h5,7-12,14,22H,1,6,13H2,2-4H3. The molecule has 1 unspecified atom stereocenters. The van der Waals surface area contributed by atoms with Gasteiger partial charge in [-0.05, 0) is 43.7 Å². The van der Waals surface area contributed by atoms with E-state index in [4.69, 9.17) is 18.6 Å². The molecular weight excluding hydrogens is 508 g/mol. The molecular formula is C28H24N2O7S. The Morgan fingerprint density at radius 1 is 1.18 bits per heavy atom. The number of para-hydroxylation sites is 1. The molecule has 5 rings (SSSR count). The molecule has 0 fully saturated rings. The highest BCUT2D eigenvalue weighted by Crippen LogP contribution is 2.44. The molecule has 0 N–H and O–H groups in total. The lowest BCUT2D eigenvalue weighted by Gasteiger charge is -2.23. The van der Waals surface area contributed by atoms with Crippen LogP contribution in [0.25, 0.3) is 11.0 Å². The zero-order valence-electron chi connectivity index (χ0n) is 21.0. The third-order valence-electron chi connectivity index (χ3n) is 6.08. The van der Waals surface area contributed by atoms with Crippen LogP contribution in [0.1, 0.15) is 50.0 Å². The molecule has 194 valence electrons. The minimum absolute atomic E-state index is 0.0730. The number of fused-ring (bicyclic) bond motifs is 2. The highest BCUT2D eigenvalue weighted by atomic mass is 32.1. The van der Waals surface area contributed by atoms with Crippen LogP contribution in [0.2, 0.25) is 0 Å². The summed E-state index contributed by atoms with van der Waals surface area (Å²) in [6, 6.07) is 11.1. The summed E-state index contributed by atoms with van der Waals surface area (Å²) in [5.41, 5.74) is 1.16. The van der Waals surface area contributed by atoms with Crippen molar-refractivity contribution < 1.29 is 28.2 Å². The van der Waals surface area contributed by atoms with E-state index < -0.39 is 17.9 Å². The van der Waals surface area contributed by atoms with Crippen LogP contribution in [-0.4, -0.2) is 37.2 Å². The molecule has 1 aliphatic rings. The predicted molar refractivity (Wildman–Crippen MR) is 143 cm³/mol. The lowest BCUT2D eigenvalue weighted by atomic mass is 9.98. The number of esters is 1. The molecule has 2 aromatic heterocycles. The second-order valence-corrected chi connectivity index (χ2v) is 9.37. The quantitative estimate of drug-likeness (QED) is 0.229.